The number of carbonyl (C=O) groups is 1. The first-order valence-corrected chi connectivity index (χ1v) is 7.41. The highest BCUT2D eigenvalue weighted by Gasteiger charge is 2.42. The van der Waals surface area contributed by atoms with Crippen molar-refractivity contribution in [3.8, 4) is 0 Å². The maximum Gasteiger partial charge on any atom is 0.233 e. The quantitative estimate of drug-likeness (QED) is 0.835. The molecular formula is C17H24N2O. The van der Waals surface area contributed by atoms with Crippen molar-refractivity contribution in [2.24, 2.45) is 0 Å². The largest absolute Gasteiger partial charge is 0.338 e. The fourth-order valence-electron chi connectivity index (χ4n) is 3.05. The molecule has 1 saturated heterocycles. The van der Waals surface area contributed by atoms with Crippen molar-refractivity contribution in [3.05, 3.63) is 48.6 Å². The Balaban J connectivity index is 2.36. The molecule has 0 bridgehead atoms. The van der Waals surface area contributed by atoms with Gasteiger partial charge in [-0.15, -0.1) is 6.58 Å². The van der Waals surface area contributed by atoms with Gasteiger partial charge in [-0.1, -0.05) is 36.4 Å². The zero-order valence-corrected chi connectivity index (χ0v) is 12.3. The third kappa shape index (κ3) is 2.78. The van der Waals surface area contributed by atoms with Crippen LogP contribution in [0.5, 0.6) is 0 Å². The number of carbonyl (C=O) groups excluding carboxylic acids is 1. The van der Waals surface area contributed by atoms with E-state index in [1.165, 1.54) is 0 Å². The standard InChI is InChI=1S/C17H24N2O/c1-3-14-19(4-2)16(20)17(10-12-18-13-11-17)15-8-6-5-7-9-15/h3,5-9,18H,1,4,10-14H2,2H3. The lowest BCUT2D eigenvalue weighted by Crippen LogP contribution is -2.52. The van der Waals surface area contributed by atoms with Gasteiger partial charge in [-0.25, -0.2) is 0 Å². The molecule has 0 aromatic heterocycles. The predicted octanol–water partition coefficient (Wildman–Crippen LogP) is 2.34. The Kier molecular flexibility index (Phi) is 4.96. The molecule has 1 aliphatic heterocycles. The molecule has 1 N–H and O–H groups in total. The fraction of sp³-hybridized carbons (Fsp3) is 0.471. The molecule has 0 radical (unpaired) electrons. The summed E-state index contributed by atoms with van der Waals surface area (Å²) in [6.45, 7) is 8.94. The van der Waals surface area contributed by atoms with Gasteiger partial charge in [-0.3, -0.25) is 4.79 Å². The number of hydrogen-bond donors (Lipinski definition) is 1. The maximum atomic E-state index is 13.1. The van der Waals surface area contributed by atoms with Crippen LogP contribution in [0, 0.1) is 0 Å². The Morgan fingerprint density at radius 2 is 2.00 bits per heavy atom. The summed E-state index contributed by atoms with van der Waals surface area (Å²) in [7, 11) is 0. The lowest BCUT2D eigenvalue weighted by molar-refractivity contribution is -0.137. The molecule has 0 atom stereocenters. The highest BCUT2D eigenvalue weighted by atomic mass is 16.2. The molecule has 0 saturated carbocycles. The van der Waals surface area contributed by atoms with Crippen molar-refractivity contribution in [2.75, 3.05) is 26.2 Å². The second-order valence-electron chi connectivity index (χ2n) is 5.33. The molecule has 0 spiro atoms. The van der Waals surface area contributed by atoms with Gasteiger partial charge in [0.05, 0.1) is 5.41 Å². The van der Waals surface area contributed by atoms with Crippen molar-refractivity contribution in [1.29, 1.82) is 0 Å². The predicted molar refractivity (Wildman–Crippen MR) is 82.7 cm³/mol. The monoisotopic (exact) mass is 272 g/mol. The zero-order valence-electron chi connectivity index (χ0n) is 12.3. The molecule has 108 valence electrons. The molecule has 2 rings (SSSR count). The molecule has 3 heteroatoms. The molecule has 3 nitrogen and oxygen atoms in total. The second-order valence-corrected chi connectivity index (χ2v) is 5.33. The van der Waals surface area contributed by atoms with Crippen molar-refractivity contribution >= 4 is 5.91 Å². The van der Waals surface area contributed by atoms with Gasteiger partial charge in [0.2, 0.25) is 5.91 Å². The molecule has 0 unspecified atom stereocenters. The van der Waals surface area contributed by atoms with Gasteiger partial charge in [0.25, 0.3) is 0 Å². The number of amides is 1. The number of piperidine rings is 1. The van der Waals surface area contributed by atoms with E-state index in [1.807, 2.05) is 30.0 Å². The Labute approximate surface area is 121 Å². The van der Waals surface area contributed by atoms with Crippen LogP contribution < -0.4 is 5.32 Å². The van der Waals surface area contributed by atoms with Gasteiger partial charge in [0.15, 0.2) is 0 Å². The summed E-state index contributed by atoms with van der Waals surface area (Å²) in [6.07, 6.45) is 3.54. The van der Waals surface area contributed by atoms with E-state index in [0.717, 1.165) is 38.0 Å². The Bertz CT molecular complexity index is 449. The highest BCUT2D eigenvalue weighted by Crippen LogP contribution is 2.35. The molecule has 1 amide bonds. The number of nitrogens with zero attached hydrogens (tertiary/aromatic N) is 1. The van der Waals surface area contributed by atoms with E-state index in [9.17, 15) is 4.79 Å². The fourth-order valence-corrected chi connectivity index (χ4v) is 3.05. The maximum absolute atomic E-state index is 13.1. The molecule has 1 fully saturated rings. The summed E-state index contributed by atoms with van der Waals surface area (Å²) in [5.41, 5.74) is 0.778. The van der Waals surface area contributed by atoms with Crippen LogP contribution in [-0.2, 0) is 10.2 Å². The van der Waals surface area contributed by atoms with E-state index in [4.69, 9.17) is 0 Å². The summed E-state index contributed by atoms with van der Waals surface area (Å²) >= 11 is 0. The molecule has 1 aromatic rings. The summed E-state index contributed by atoms with van der Waals surface area (Å²) < 4.78 is 0. The van der Waals surface area contributed by atoms with Crippen molar-refractivity contribution in [1.82, 2.24) is 10.2 Å². The first-order valence-electron chi connectivity index (χ1n) is 7.41. The number of likely N-dealkylation sites (N-methyl/N-ethyl adjacent to an activating group) is 1. The van der Waals surface area contributed by atoms with Crippen molar-refractivity contribution in [3.63, 3.8) is 0 Å². The number of hydrogen-bond acceptors (Lipinski definition) is 2. The minimum atomic E-state index is -0.370. The van der Waals surface area contributed by atoms with E-state index in [1.54, 1.807) is 6.08 Å². The van der Waals surface area contributed by atoms with Gasteiger partial charge in [0, 0.05) is 13.1 Å². The topological polar surface area (TPSA) is 32.3 Å². The highest BCUT2D eigenvalue weighted by molar-refractivity contribution is 5.88. The van der Waals surface area contributed by atoms with Crippen LogP contribution in [0.25, 0.3) is 0 Å². The van der Waals surface area contributed by atoms with Crippen LogP contribution in [0.2, 0.25) is 0 Å². The molecule has 0 aliphatic carbocycles. The third-order valence-electron chi connectivity index (χ3n) is 4.21. The minimum absolute atomic E-state index is 0.243. The van der Waals surface area contributed by atoms with Crippen LogP contribution in [0.4, 0.5) is 0 Å². The number of benzene rings is 1. The van der Waals surface area contributed by atoms with Crippen LogP contribution >= 0.6 is 0 Å². The van der Waals surface area contributed by atoms with Gasteiger partial charge in [-0.05, 0) is 38.4 Å². The van der Waals surface area contributed by atoms with Crippen molar-refractivity contribution < 1.29 is 4.79 Å². The molecule has 1 aromatic carbocycles. The summed E-state index contributed by atoms with van der Waals surface area (Å²) in [5.74, 6) is 0.243. The van der Waals surface area contributed by atoms with E-state index < -0.39 is 0 Å². The smallest absolute Gasteiger partial charge is 0.233 e. The van der Waals surface area contributed by atoms with Gasteiger partial charge >= 0.3 is 0 Å². The molecule has 1 aliphatic rings. The normalized spacial score (nSPS) is 17.4. The van der Waals surface area contributed by atoms with Crippen LogP contribution in [0.1, 0.15) is 25.3 Å². The first-order chi connectivity index (χ1) is 9.74. The van der Waals surface area contributed by atoms with Crippen LogP contribution in [0.3, 0.4) is 0 Å². The van der Waals surface area contributed by atoms with Gasteiger partial charge in [0.1, 0.15) is 0 Å². The van der Waals surface area contributed by atoms with Crippen LogP contribution in [0.15, 0.2) is 43.0 Å². The Morgan fingerprint density at radius 1 is 1.35 bits per heavy atom. The third-order valence-corrected chi connectivity index (χ3v) is 4.21. The van der Waals surface area contributed by atoms with Gasteiger partial charge in [-0.2, -0.15) is 0 Å². The Morgan fingerprint density at radius 3 is 2.55 bits per heavy atom. The molecule has 1 heterocycles. The summed E-state index contributed by atoms with van der Waals surface area (Å²) in [6, 6.07) is 10.2. The average Bonchev–Trinajstić information content (AvgIpc) is 2.53. The lowest BCUT2D eigenvalue weighted by Gasteiger charge is -2.40. The van der Waals surface area contributed by atoms with E-state index >= 15 is 0 Å². The van der Waals surface area contributed by atoms with Crippen molar-refractivity contribution in [2.45, 2.75) is 25.2 Å². The van der Waals surface area contributed by atoms with E-state index in [2.05, 4.69) is 24.0 Å². The number of nitrogens with one attached hydrogen (secondary N) is 1. The molecule has 20 heavy (non-hydrogen) atoms. The first kappa shape index (κ1) is 14.8. The summed E-state index contributed by atoms with van der Waals surface area (Å²) in [4.78, 5) is 15.0. The SMILES string of the molecule is C=CCN(CC)C(=O)C1(c2ccccc2)CCNCC1. The number of rotatable bonds is 5. The average molecular weight is 272 g/mol. The van der Waals surface area contributed by atoms with Gasteiger partial charge < -0.3 is 10.2 Å². The lowest BCUT2D eigenvalue weighted by atomic mass is 9.72. The Hall–Kier alpha value is -1.61. The summed E-state index contributed by atoms with van der Waals surface area (Å²) in [5, 5.41) is 3.36. The van der Waals surface area contributed by atoms with E-state index in [-0.39, 0.29) is 11.3 Å². The van der Waals surface area contributed by atoms with Crippen LogP contribution in [-0.4, -0.2) is 37.0 Å². The van der Waals surface area contributed by atoms with E-state index in [0.29, 0.717) is 6.54 Å². The second kappa shape index (κ2) is 6.71. The molecular weight excluding hydrogens is 248 g/mol. The minimum Gasteiger partial charge on any atom is -0.338 e. The zero-order chi connectivity index (χ0) is 14.4.